The lowest BCUT2D eigenvalue weighted by molar-refractivity contribution is 0.0942. The van der Waals surface area contributed by atoms with Gasteiger partial charge in [-0.3, -0.25) is 4.79 Å². The van der Waals surface area contributed by atoms with Crippen molar-refractivity contribution in [1.29, 1.82) is 0 Å². The number of aromatic nitrogens is 1. The van der Waals surface area contributed by atoms with E-state index in [4.69, 9.17) is 9.72 Å². The third kappa shape index (κ3) is 3.99. The molecule has 1 amide bonds. The lowest BCUT2D eigenvalue weighted by Gasteiger charge is -2.13. The number of thiophene rings is 1. The number of rotatable bonds is 6. The Morgan fingerprint density at radius 3 is 2.71 bits per heavy atom. The average molecular weight is 391 g/mol. The second-order valence-corrected chi connectivity index (χ2v) is 7.98. The van der Waals surface area contributed by atoms with Crippen LogP contribution in [0.3, 0.4) is 0 Å². The van der Waals surface area contributed by atoms with Crippen molar-refractivity contribution in [1.82, 2.24) is 10.3 Å². The van der Waals surface area contributed by atoms with Crippen LogP contribution in [0, 0.1) is 0 Å². The number of carbonyl (C=O) groups is 1. The number of aryl methyl sites for hydroxylation is 1. The zero-order valence-corrected chi connectivity index (χ0v) is 16.8. The van der Waals surface area contributed by atoms with Gasteiger partial charge in [0.25, 0.3) is 5.91 Å². The van der Waals surface area contributed by atoms with E-state index < -0.39 is 0 Å². The molecule has 0 aliphatic heterocycles. The molecule has 0 radical (unpaired) electrons. The highest BCUT2D eigenvalue weighted by Gasteiger charge is 2.14. The van der Waals surface area contributed by atoms with Crippen LogP contribution in [0.1, 0.15) is 28.6 Å². The summed E-state index contributed by atoms with van der Waals surface area (Å²) in [5.41, 5.74) is 2.19. The number of carbonyl (C=O) groups excluding carboxylic acids is 1. The van der Waals surface area contributed by atoms with E-state index in [1.54, 1.807) is 7.11 Å². The van der Waals surface area contributed by atoms with Crippen LogP contribution in [0.25, 0.3) is 21.1 Å². The third-order valence-electron chi connectivity index (χ3n) is 4.82. The third-order valence-corrected chi connectivity index (χ3v) is 5.86. The second kappa shape index (κ2) is 7.98. The topological polar surface area (TPSA) is 51.2 Å². The summed E-state index contributed by atoms with van der Waals surface area (Å²) in [6.07, 6.45) is 1.85. The lowest BCUT2D eigenvalue weighted by Crippen LogP contribution is -2.32. The molecule has 1 atom stereocenters. The monoisotopic (exact) mass is 390 g/mol. The van der Waals surface area contributed by atoms with Crippen molar-refractivity contribution in [3.63, 3.8) is 0 Å². The molecule has 0 aliphatic rings. The maximum atomic E-state index is 12.7. The lowest BCUT2D eigenvalue weighted by atomic mass is 10.1. The number of nitrogens with zero attached hydrogens (tertiary/aromatic N) is 1. The molecule has 0 spiro atoms. The van der Waals surface area contributed by atoms with Crippen LogP contribution in [-0.2, 0) is 6.42 Å². The SMILES string of the molecule is COc1ccc2nc3sc(C(=O)N[C@H](C)CCc4ccccc4)cc3cc2c1. The Balaban J connectivity index is 1.48. The second-order valence-electron chi connectivity index (χ2n) is 6.95. The smallest absolute Gasteiger partial charge is 0.261 e. The van der Waals surface area contributed by atoms with Gasteiger partial charge in [0.2, 0.25) is 0 Å². The molecule has 0 saturated carbocycles. The van der Waals surface area contributed by atoms with Gasteiger partial charge in [-0.2, -0.15) is 0 Å². The van der Waals surface area contributed by atoms with Crippen LogP contribution in [0.4, 0.5) is 0 Å². The number of ether oxygens (including phenoxy) is 1. The van der Waals surface area contributed by atoms with Crippen LogP contribution in [0.5, 0.6) is 5.75 Å². The van der Waals surface area contributed by atoms with Crippen LogP contribution >= 0.6 is 11.3 Å². The van der Waals surface area contributed by atoms with Crippen molar-refractivity contribution in [3.05, 3.63) is 71.1 Å². The number of pyridine rings is 1. The van der Waals surface area contributed by atoms with E-state index in [1.807, 2.05) is 49.4 Å². The summed E-state index contributed by atoms with van der Waals surface area (Å²) in [5, 5.41) is 5.10. The molecule has 5 heteroatoms. The average Bonchev–Trinajstić information content (AvgIpc) is 3.14. The summed E-state index contributed by atoms with van der Waals surface area (Å²) in [5.74, 6) is 0.763. The van der Waals surface area contributed by atoms with Crippen molar-refractivity contribution in [2.24, 2.45) is 0 Å². The van der Waals surface area contributed by atoms with Crippen LogP contribution in [-0.4, -0.2) is 24.0 Å². The molecule has 0 aliphatic carbocycles. The van der Waals surface area contributed by atoms with Crippen molar-refractivity contribution < 1.29 is 9.53 Å². The molecule has 0 bridgehead atoms. The maximum absolute atomic E-state index is 12.7. The molecule has 4 nitrogen and oxygen atoms in total. The van der Waals surface area contributed by atoms with E-state index in [1.165, 1.54) is 16.9 Å². The Morgan fingerprint density at radius 1 is 1.11 bits per heavy atom. The number of benzene rings is 2. The summed E-state index contributed by atoms with van der Waals surface area (Å²) in [6.45, 7) is 2.05. The van der Waals surface area contributed by atoms with E-state index in [9.17, 15) is 4.79 Å². The first-order chi connectivity index (χ1) is 13.6. The molecule has 0 saturated heterocycles. The van der Waals surface area contributed by atoms with E-state index in [-0.39, 0.29) is 11.9 Å². The summed E-state index contributed by atoms with van der Waals surface area (Å²) in [6, 6.07) is 20.2. The summed E-state index contributed by atoms with van der Waals surface area (Å²) >= 11 is 1.43. The molecule has 4 aromatic rings. The van der Waals surface area contributed by atoms with Crippen molar-refractivity contribution >= 4 is 38.4 Å². The molecule has 2 aromatic carbocycles. The molecule has 2 heterocycles. The van der Waals surface area contributed by atoms with E-state index >= 15 is 0 Å². The first-order valence-electron chi connectivity index (χ1n) is 9.35. The molecular weight excluding hydrogens is 368 g/mol. The minimum atomic E-state index is -0.0369. The predicted octanol–water partition coefficient (Wildman–Crippen LogP) is 5.21. The zero-order chi connectivity index (χ0) is 19.5. The van der Waals surface area contributed by atoms with Gasteiger partial charge in [-0.15, -0.1) is 11.3 Å². The van der Waals surface area contributed by atoms with Gasteiger partial charge >= 0.3 is 0 Å². The molecule has 142 valence electrons. The highest BCUT2D eigenvalue weighted by Crippen LogP contribution is 2.29. The maximum Gasteiger partial charge on any atom is 0.261 e. The van der Waals surface area contributed by atoms with Gasteiger partial charge in [-0.05, 0) is 55.7 Å². The Labute approximate surface area is 168 Å². The van der Waals surface area contributed by atoms with E-state index in [2.05, 4.69) is 23.5 Å². The van der Waals surface area contributed by atoms with Crippen LogP contribution in [0.2, 0.25) is 0 Å². The Morgan fingerprint density at radius 2 is 1.93 bits per heavy atom. The number of methoxy groups -OCH3 is 1. The Hall–Kier alpha value is -2.92. The largest absolute Gasteiger partial charge is 0.497 e. The van der Waals surface area contributed by atoms with Gasteiger partial charge in [0, 0.05) is 16.8 Å². The first kappa shape index (κ1) is 18.4. The summed E-state index contributed by atoms with van der Waals surface area (Å²) < 4.78 is 5.29. The number of fused-ring (bicyclic) bond motifs is 2. The van der Waals surface area contributed by atoms with E-state index in [0.717, 1.165) is 39.7 Å². The predicted molar refractivity (Wildman–Crippen MR) is 115 cm³/mol. The number of hydrogen-bond donors (Lipinski definition) is 1. The molecule has 28 heavy (non-hydrogen) atoms. The molecule has 2 aromatic heterocycles. The van der Waals surface area contributed by atoms with Gasteiger partial charge in [-0.1, -0.05) is 30.3 Å². The molecule has 1 N–H and O–H groups in total. The van der Waals surface area contributed by atoms with E-state index in [0.29, 0.717) is 4.88 Å². The fourth-order valence-corrected chi connectivity index (χ4v) is 4.17. The van der Waals surface area contributed by atoms with Crippen molar-refractivity contribution in [2.45, 2.75) is 25.8 Å². The standard InChI is InChI=1S/C23H22N2O2S/c1-15(8-9-16-6-4-3-5-7-16)24-22(26)21-14-18-12-17-13-19(27-2)10-11-20(17)25-23(18)28-21/h3-7,10-15H,8-9H2,1-2H3,(H,24,26)/t15-/m1/s1. The first-order valence-corrected chi connectivity index (χ1v) is 10.2. The quantitative estimate of drug-likeness (QED) is 0.492. The van der Waals surface area contributed by atoms with Crippen molar-refractivity contribution in [2.75, 3.05) is 7.11 Å². The minimum absolute atomic E-state index is 0.0369. The minimum Gasteiger partial charge on any atom is -0.497 e. The van der Waals surface area contributed by atoms with Gasteiger partial charge in [-0.25, -0.2) is 4.98 Å². The van der Waals surface area contributed by atoms with Gasteiger partial charge in [0.1, 0.15) is 10.6 Å². The highest BCUT2D eigenvalue weighted by molar-refractivity contribution is 7.20. The molecule has 4 rings (SSSR count). The fraction of sp³-hybridized carbons (Fsp3) is 0.217. The Kier molecular flexibility index (Phi) is 5.26. The molecule has 0 unspecified atom stereocenters. The summed E-state index contributed by atoms with van der Waals surface area (Å²) in [4.78, 5) is 18.9. The van der Waals surface area contributed by atoms with Gasteiger partial charge in [0.15, 0.2) is 0 Å². The number of amides is 1. The molecule has 0 fully saturated rings. The zero-order valence-electron chi connectivity index (χ0n) is 15.9. The van der Waals surface area contributed by atoms with Crippen LogP contribution in [0.15, 0.2) is 60.7 Å². The normalized spacial score (nSPS) is 12.2. The number of nitrogens with one attached hydrogen (secondary N) is 1. The highest BCUT2D eigenvalue weighted by atomic mass is 32.1. The van der Waals surface area contributed by atoms with Crippen molar-refractivity contribution in [3.8, 4) is 5.75 Å². The molecular formula is C23H22N2O2S. The number of hydrogen-bond acceptors (Lipinski definition) is 4. The fourth-order valence-electron chi connectivity index (χ4n) is 3.25. The van der Waals surface area contributed by atoms with Gasteiger partial charge < -0.3 is 10.1 Å². The van der Waals surface area contributed by atoms with Crippen LogP contribution < -0.4 is 10.1 Å². The Bertz CT molecular complexity index is 1120. The summed E-state index contributed by atoms with van der Waals surface area (Å²) in [7, 11) is 1.65. The van der Waals surface area contributed by atoms with Gasteiger partial charge in [0.05, 0.1) is 17.5 Å².